The number of aromatic nitrogens is 1. The summed E-state index contributed by atoms with van der Waals surface area (Å²) in [4.78, 5) is 15.8. The molecule has 27 heavy (non-hydrogen) atoms. The van der Waals surface area contributed by atoms with Crippen molar-refractivity contribution in [1.29, 1.82) is 0 Å². The van der Waals surface area contributed by atoms with Gasteiger partial charge in [-0.15, -0.1) is 0 Å². The van der Waals surface area contributed by atoms with E-state index in [-0.39, 0.29) is 11.8 Å². The first-order valence-electron chi connectivity index (χ1n) is 8.55. The van der Waals surface area contributed by atoms with E-state index in [9.17, 15) is 18.0 Å². The van der Waals surface area contributed by atoms with E-state index in [0.29, 0.717) is 24.1 Å². The van der Waals surface area contributed by atoms with Crippen molar-refractivity contribution in [2.45, 2.75) is 38.4 Å². The fourth-order valence-electron chi connectivity index (χ4n) is 2.26. The molecule has 1 aromatic heterocycles. The predicted octanol–water partition coefficient (Wildman–Crippen LogP) is 4.14. The summed E-state index contributed by atoms with van der Waals surface area (Å²) in [6.45, 7) is 4.31. The zero-order valence-corrected chi connectivity index (χ0v) is 15.1. The number of nitrogens with one attached hydrogen (secondary N) is 1. The number of halogens is 3. The largest absolute Gasteiger partial charge is 0.439 e. The second kappa shape index (κ2) is 8.39. The van der Waals surface area contributed by atoms with Gasteiger partial charge in [0.2, 0.25) is 5.88 Å². The zero-order chi connectivity index (χ0) is 20.1. The fraction of sp³-hybridized carbons (Fsp3) is 0.368. The molecule has 5 nitrogen and oxygen atoms in total. The van der Waals surface area contributed by atoms with Gasteiger partial charge < -0.3 is 15.8 Å². The van der Waals surface area contributed by atoms with Gasteiger partial charge in [-0.1, -0.05) is 13.8 Å². The Balaban J connectivity index is 1.97. The summed E-state index contributed by atoms with van der Waals surface area (Å²) in [6.07, 6.45) is -2.25. The first-order chi connectivity index (χ1) is 12.7. The number of hydrogen-bond acceptors (Lipinski definition) is 4. The molecule has 0 aliphatic rings. The van der Waals surface area contributed by atoms with Gasteiger partial charge in [-0.3, -0.25) is 4.79 Å². The van der Waals surface area contributed by atoms with Crippen LogP contribution in [-0.2, 0) is 6.18 Å². The van der Waals surface area contributed by atoms with Crippen LogP contribution >= 0.6 is 0 Å². The lowest BCUT2D eigenvalue weighted by atomic mass is 9.94. The molecule has 0 fully saturated rings. The summed E-state index contributed by atoms with van der Waals surface area (Å²) < 4.78 is 43.0. The number of carbonyl (C=O) groups excluding carboxylic acids is 1. The maximum absolute atomic E-state index is 12.5. The summed E-state index contributed by atoms with van der Waals surface area (Å²) >= 11 is 0. The van der Waals surface area contributed by atoms with Crippen molar-refractivity contribution < 1.29 is 22.7 Å². The molecule has 0 unspecified atom stereocenters. The Hall–Kier alpha value is -2.61. The van der Waals surface area contributed by atoms with Crippen molar-refractivity contribution in [3.05, 3.63) is 53.7 Å². The van der Waals surface area contributed by atoms with E-state index in [1.807, 2.05) is 13.8 Å². The number of amides is 1. The van der Waals surface area contributed by atoms with Crippen LogP contribution in [0.15, 0.2) is 42.6 Å². The lowest BCUT2D eigenvalue weighted by Crippen LogP contribution is -2.49. The standard InChI is InChI=1S/C19H22F3N3O2/c1-3-18(23,4-2)12-25-17(26)13-5-8-15(9-6-13)27-16-10-7-14(11-24-16)19(20,21)22/h5-11H,3-4,12,23H2,1-2H3,(H,25,26). The first-order valence-corrected chi connectivity index (χ1v) is 8.55. The Bertz CT molecular complexity index is 755. The lowest BCUT2D eigenvalue weighted by Gasteiger charge is -2.26. The van der Waals surface area contributed by atoms with Gasteiger partial charge in [-0.05, 0) is 43.2 Å². The molecule has 0 saturated heterocycles. The smallest absolute Gasteiger partial charge is 0.417 e. The second-order valence-corrected chi connectivity index (χ2v) is 6.26. The molecule has 8 heteroatoms. The summed E-state index contributed by atoms with van der Waals surface area (Å²) in [5.74, 6) is 0.124. The van der Waals surface area contributed by atoms with Crippen molar-refractivity contribution in [3.63, 3.8) is 0 Å². The van der Waals surface area contributed by atoms with E-state index in [2.05, 4.69) is 10.3 Å². The number of pyridine rings is 1. The third-order valence-electron chi connectivity index (χ3n) is 4.41. The van der Waals surface area contributed by atoms with Crippen LogP contribution in [0.1, 0.15) is 42.6 Å². The first kappa shape index (κ1) is 20.7. The number of nitrogens with two attached hydrogens (primary N) is 1. The maximum atomic E-state index is 12.5. The number of hydrogen-bond donors (Lipinski definition) is 2. The Kier molecular flexibility index (Phi) is 6.43. The van der Waals surface area contributed by atoms with Gasteiger partial charge in [0, 0.05) is 29.9 Å². The van der Waals surface area contributed by atoms with Crippen LogP contribution in [0.2, 0.25) is 0 Å². The molecule has 1 aromatic carbocycles. The van der Waals surface area contributed by atoms with Crippen LogP contribution in [0.25, 0.3) is 0 Å². The molecular formula is C19H22F3N3O2. The predicted molar refractivity (Wildman–Crippen MR) is 95.6 cm³/mol. The van der Waals surface area contributed by atoms with Crippen molar-refractivity contribution in [1.82, 2.24) is 10.3 Å². The van der Waals surface area contributed by atoms with Crippen LogP contribution in [0.3, 0.4) is 0 Å². The van der Waals surface area contributed by atoms with Crippen LogP contribution in [0.5, 0.6) is 11.6 Å². The van der Waals surface area contributed by atoms with E-state index in [0.717, 1.165) is 25.0 Å². The average Bonchev–Trinajstić information content (AvgIpc) is 2.66. The monoisotopic (exact) mass is 381 g/mol. The molecule has 1 amide bonds. The fourth-order valence-corrected chi connectivity index (χ4v) is 2.26. The molecule has 0 bridgehead atoms. The molecule has 146 valence electrons. The normalized spacial score (nSPS) is 11.9. The van der Waals surface area contributed by atoms with Crippen LogP contribution < -0.4 is 15.8 Å². The average molecular weight is 381 g/mol. The summed E-state index contributed by atoms with van der Waals surface area (Å²) in [7, 11) is 0. The number of alkyl halides is 3. The number of nitrogens with zero attached hydrogens (tertiary/aromatic N) is 1. The topological polar surface area (TPSA) is 77.2 Å². The molecule has 3 N–H and O–H groups in total. The van der Waals surface area contributed by atoms with Gasteiger partial charge in [0.25, 0.3) is 5.91 Å². The van der Waals surface area contributed by atoms with Crippen LogP contribution in [0, 0.1) is 0 Å². The summed E-state index contributed by atoms with van der Waals surface area (Å²) in [5, 5.41) is 2.81. The van der Waals surface area contributed by atoms with E-state index in [4.69, 9.17) is 10.5 Å². The highest BCUT2D eigenvalue weighted by molar-refractivity contribution is 5.94. The van der Waals surface area contributed by atoms with E-state index in [1.54, 1.807) is 24.3 Å². The SMILES string of the molecule is CCC(N)(CC)CNC(=O)c1ccc(Oc2ccc(C(F)(F)F)cn2)cc1. The number of benzene rings is 1. The Morgan fingerprint density at radius 3 is 2.22 bits per heavy atom. The quantitative estimate of drug-likeness (QED) is 0.756. The Morgan fingerprint density at radius 1 is 1.11 bits per heavy atom. The van der Waals surface area contributed by atoms with Gasteiger partial charge in [-0.2, -0.15) is 13.2 Å². The second-order valence-electron chi connectivity index (χ2n) is 6.26. The number of carbonyl (C=O) groups is 1. The number of rotatable bonds is 7. The van der Waals surface area contributed by atoms with Crippen molar-refractivity contribution in [3.8, 4) is 11.6 Å². The highest BCUT2D eigenvalue weighted by atomic mass is 19.4. The van der Waals surface area contributed by atoms with Crippen LogP contribution in [-0.4, -0.2) is 23.0 Å². The van der Waals surface area contributed by atoms with Gasteiger partial charge in [-0.25, -0.2) is 4.98 Å². The summed E-state index contributed by atoms with van der Waals surface area (Å²) in [6, 6.07) is 8.24. The molecule has 0 aliphatic carbocycles. The molecule has 2 aromatic rings. The minimum absolute atomic E-state index is 0.0269. The minimum atomic E-state index is -4.45. The molecule has 0 radical (unpaired) electrons. The number of ether oxygens (including phenoxy) is 1. The molecule has 2 rings (SSSR count). The molecule has 0 saturated carbocycles. The Labute approximate surface area is 155 Å². The van der Waals surface area contributed by atoms with Gasteiger partial charge in [0.1, 0.15) is 5.75 Å². The third kappa shape index (κ3) is 5.68. The van der Waals surface area contributed by atoms with Crippen molar-refractivity contribution >= 4 is 5.91 Å². The summed E-state index contributed by atoms with van der Waals surface area (Å²) in [5.41, 5.74) is 5.30. The van der Waals surface area contributed by atoms with Gasteiger partial charge in [0.15, 0.2) is 0 Å². The molecule has 1 heterocycles. The van der Waals surface area contributed by atoms with E-state index < -0.39 is 17.3 Å². The molecule has 0 atom stereocenters. The zero-order valence-electron chi connectivity index (χ0n) is 15.1. The highest BCUT2D eigenvalue weighted by Gasteiger charge is 2.30. The van der Waals surface area contributed by atoms with E-state index in [1.165, 1.54) is 0 Å². The van der Waals surface area contributed by atoms with Crippen LogP contribution in [0.4, 0.5) is 13.2 Å². The lowest BCUT2D eigenvalue weighted by molar-refractivity contribution is -0.137. The third-order valence-corrected chi connectivity index (χ3v) is 4.41. The molecular weight excluding hydrogens is 359 g/mol. The highest BCUT2D eigenvalue weighted by Crippen LogP contribution is 2.30. The van der Waals surface area contributed by atoms with Crippen molar-refractivity contribution in [2.24, 2.45) is 5.73 Å². The van der Waals surface area contributed by atoms with Gasteiger partial charge in [0.05, 0.1) is 5.56 Å². The minimum Gasteiger partial charge on any atom is -0.439 e. The van der Waals surface area contributed by atoms with Crippen molar-refractivity contribution in [2.75, 3.05) is 6.54 Å². The van der Waals surface area contributed by atoms with E-state index >= 15 is 0 Å². The maximum Gasteiger partial charge on any atom is 0.417 e. The molecule has 0 spiro atoms. The van der Waals surface area contributed by atoms with Gasteiger partial charge >= 0.3 is 6.18 Å². The Morgan fingerprint density at radius 2 is 1.74 bits per heavy atom. The molecule has 0 aliphatic heterocycles.